The van der Waals surface area contributed by atoms with Gasteiger partial charge in [-0.2, -0.15) is 0 Å². The van der Waals surface area contributed by atoms with Gasteiger partial charge in [0.1, 0.15) is 5.82 Å². The maximum absolute atomic E-state index is 8.55. The van der Waals surface area contributed by atoms with Crippen LogP contribution in [0.3, 0.4) is 0 Å². The van der Waals surface area contributed by atoms with Crippen molar-refractivity contribution < 1.29 is 5.11 Å². The first kappa shape index (κ1) is 9.00. The number of aliphatic hydroxyl groups is 1. The van der Waals surface area contributed by atoms with Gasteiger partial charge in [0.15, 0.2) is 0 Å². The number of nitrogens with zero attached hydrogens (tertiary/aromatic N) is 1. The molecule has 0 radical (unpaired) electrons. The molecule has 1 aromatic heterocycles. The van der Waals surface area contributed by atoms with Crippen molar-refractivity contribution in [3.8, 4) is 0 Å². The molecule has 0 bridgehead atoms. The lowest BCUT2D eigenvalue weighted by molar-refractivity contribution is 0.284. The van der Waals surface area contributed by atoms with Crippen LogP contribution in [0, 0.1) is 0 Å². The van der Waals surface area contributed by atoms with Crippen molar-refractivity contribution in [1.29, 1.82) is 0 Å². The highest BCUT2D eigenvalue weighted by Gasteiger charge is 1.94. The maximum Gasteiger partial charge on any atom is 0.123 e. The molecule has 3 N–H and O–H groups in total. The van der Waals surface area contributed by atoms with E-state index in [9.17, 15) is 0 Å². The van der Waals surface area contributed by atoms with Crippen molar-refractivity contribution in [2.75, 3.05) is 12.3 Å². The number of anilines is 1. The molecule has 1 heterocycles. The van der Waals surface area contributed by atoms with Gasteiger partial charge in [0.2, 0.25) is 0 Å². The molecule has 0 aromatic carbocycles. The number of unbranched alkanes of at least 4 members (excludes halogenated alkanes) is 1. The summed E-state index contributed by atoms with van der Waals surface area (Å²) in [7, 11) is 0. The molecule has 0 atom stereocenters. The van der Waals surface area contributed by atoms with E-state index in [0.717, 1.165) is 25.0 Å². The number of hydrogen-bond acceptors (Lipinski definition) is 3. The Labute approximate surface area is 72.2 Å². The van der Waals surface area contributed by atoms with E-state index in [2.05, 4.69) is 4.98 Å². The summed E-state index contributed by atoms with van der Waals surface area (Å²) in [6, 6.07) is 5.62. The van der Waals surface area contributed by atoms with Crippen LogP contribution in [-0.2, 0) is 6.42 Å². The summed E-state index contributed by atoms with van der Waals surface area (Å²) in [5, 5.41) is 8.55. The predicted octanol–water partition coefficient (Wildman–Crippen LogP) is 0.979. The molecular formula is C9H14N2O. The standard InChI is InChI=1S/C9H14N2O/c10-9-6-3-5-8(11-9)4-1-2-7-12/h3,5-6,12H,1-2,4,7H2,(H2,10,11). The van der Waals surface area contributed by atoms with E-state index < -0.39 is 0 Å². The SMILES string of the molecule is Nc1cccc(CCCCO)n1. The molecule has 0 amide bonds. The van der Waals surface area contributed by atoms with E-state index in [-0.39, 0.29) is 6.61 Å². The van der Waals surface area contributed by atoms with Crippen molar-refractivity contribution in [2.24, 2.45) is 0 Å². The Hall–Kier alpha value is -1.09. The lowest BCUT2D eigenvalue weighted by Crippen LogP contribution is -1.95. The Kier molecular flexibility index (Phi) is 3.54. The summed E-state index contributed by atoms with van der Waals surface area (Å²) in [5.74, 6) is 0.566. The largest absolute Gasteiger partial charge is 0.396 e. The van der Waals surface area contributed by atoms with Gasteiger partial charge in [-0.05, 0) is 31.4 Å². The second-order valence-electron chi connectivity index (χ2n) is 2.73. The van der Waals surface area contributed by atoms with Crippen LogP contribution in [0.5, 0.6) is 0 Å². The molecule has 3 heteroatoms. The third-order valence-corrected chi connectivity index (χ3v) is 1.67. The van der Waals surface area contributed by atoms with E-state index >= 15 is 0 Å². The van der Waals surface area contributed by atoms with Crippen molar-refractivity contribution >= 4 is 5.82 Å². The van der Waals surface area contributed by atoms with Crippen LogP contribution in [0.25, 0.3) is 0 Å². The van der Waals surface area contributed by atoms with Crippen LogP contribution < -0.4 is 5.73 Å². The molecule has 0 spiro atoms. The molecule has 12 heavy (non-hydrogen) atoms. The quantitative estimate of drug-likeness (QED) is 0.655. The van der Waals surface area contributed by atoms with Gasteiger partial charge in [-0.15, -0.1) is 0 Å². The second kappa shape index (κ2) is 4.72. The molecule has 1 rings (SSSR count). The van der Waals surface area contributed by atoms with Gasteiger partial charge in [0, 0.05) is 12.3 Å². The number of hydrogen-bond donors (Lipinski definition) is 2. The summed E-state index contributed by atoms with van der Waals surface area (Å²) in [6.45, 7) is 0.252. The number of aryl methyl sites for hydroxylation is 1. The number of aromatic nitrogens is 1. The Bertz CT molecular complexity index is 238. The molecule has 0 fully saturated rings. The first-order chi connectivity index (χ1) is 5.83. The minimum Gasteiger partial charge on any atom is -0.396 e. The van der Waals surface area contributed by atoms with Gasteiger partial charge in [-0.25, -0.2) is 4.98 Å². The molecule has 0 aliphatic rings. The highest BCUT2D eigenvalue weighted by Crippen LogP contribution is 2.04. The summed E-state index contributed by atoms with van der Waals surface area (Å²) < 4.78 is 0. The molecule has 0 saturated carbocycles. The predicted molar refractivity (Wildman–Crippen MR) is 48.7 cm³/mol. The zero-order valence-corrected chi connectivity index (χ0v) is 7.03. The van der Waals surface area contributed by atoms with Gasteiger partial charge in [-0.1, -0.05) is 6.07 Å². The van der Waals surface area contributed by atoms with E-state index in [4.69, 9.17) is 10.8 Å². The first-order valence-electron chi connectivity index (χ1n) is 4.15. The zero-order chi connectivity index (χ0) is 8.81. The number of nitrogen functional groups attached to an aromatic ring is 1. The Morgan fingerprint density at radius 3 is 2.83 bits per heavy atom. The minimum atomic E-state index is 0.252. The zero-order valence-electron chi connectivity index (χ0n) is 7.03. The molecule has 0 aliphatic carbocycles. The normalized spacial score (nSPS) is 10.1. The average molecular weight is 166 g/mol. The Balaban J connectivity index is 2.41. The van der Waals surface area contributed by atoms with E-state index in [1.165, 1.54) is 0 Å². The van der Waals surface area contributed by atoms with Gasteiger partial charge in [0.25, 0.3) is 0 Å². The smallest absolute Gasteiger partial charge is 0.123 e. The van der Waals surface area contributed by atoms with E-state index in [1.807, 2.05) is 12.1 Å². The van der Waals surface area contributed by atoms with Gasteiger partial charge < -0.3 is 10.8 Å². The number of nitrogens with two attached hydrogens (primary N) is 1. The summed E-state index contributed by atoms with van der Waals surface area (Å²) in [5.41, 5.74) is 6.51. The number of rotatable bonds is 4. The van der Waals surface area contributed by atoms with Gasteiger partial charge >= 0.3 is 0 Å². The summed E-state index contributed by atoms with van der Waals surface area (Å²) >= 11 is 0. The van der Waals surface area contributed by atoms with Crippen LogP contribution in [-0.4, -0.2) is 16.7 Å². The second-order valence-corrected chi connectivity index (χ2v) is 2.73. The Morgan fingerprint density at radius 1 is 1.33 bits per heavy atom. The van der Waals surface area contributed by atoms with Crippen LogP contribution in [0.4, 0.5) is 5.82 Å². The minimum absolute atomic E-state index is 0.252. The molecule has 66 valence electrons. The lowest BCUT2D eigenvalue weighted by atomic mass is 10.2. The fourth-order valence-electron chi connectivity index (χ4n) is 1.06. The molecule has 0 saturated heterocycles. The summed E-state index contributed by atoms with van der Waals surface area (Å²) in [6.07, 6.45) is 2.69. The number of aliphatic hydroxyl groups excluding tert-OH is 1. The molecule has 0 unspecified atom stereocenters. The lowest BCUT2D eigenvalue weighted by Gasteiger charge is -1.99. The third-order valence-electron chi connectivity index (χ3n) is 1.67. The Morgan fingerprint density at radius 2 is 2.17 bits per heavy atom. The fourth-order valence-corrected chi connectivity index (χ4v) is 1.06. The summed E-state index contributed by atoms with van der Waals surface area (Å²) in [4.78, 5) is 4.14. The fraction of sp³-hybridized carbons (Fsp3) is 0.444. The third kappa shape index (κ3) is 2.88. The molecular weight excluding hydrogens is 152 g/mol. The van der Waals surface area contributed by atoms with E-state index in [1.54, 1.807) is 6.07 Å². The van der Waals surface area contributed by atoms with Crippen molar-refractivity contribution in [3.63, 3.8) is 0 Å². The van der Waals surface area contributed by atoms with E-state index in [0.29, 0.717) is 5.82 Å². The van der Waals surface area contributed by atoms with Crippen LogP contribution in [0.15, 0.2) is 18.2 Å². The van der Waals surface area contributed by atoms with Crippen molar-refractivity contribution in [1.82, 2.24) is 4.98 Å². The van der Waals surface area contributed by atoms with Gasteiger partial charge in [0.05, 0.1) is 0 Å². The van der Waals surface area contributed by atoms with Crippen molar-refractivity contribution in [2.45, 2.75) is 19.3 Å². The van der Waals surface area contributed by atoms with Crippen LogP contribution >= 0.6 is 0 Å². The monoisotopic (exact) mass is 166 g/mol. The van der Waals surface area contributed by atoms with Crippen molar-refractivity contribution in [3.05, 3.63) is 23.9 Å². The first-order valence-corrected chi connectivity index (χ1v) is 4.15. The van der Waals surface area contributed by atoms with Crippen LogP contribution in [0.1, 0.15) is 18.5 Å². The topological polar surface area (TPSA) is 59.1 Å². The maximum atomic E-state index is 8.55. The highest BCUT2D eigenvalue weighted by molar-refractivity contribution is 5.28. The molecule has 1 aromatic rings. The highest BCUT2D eigenvalue weighted by atomic mass is 16.2. The molecule has 3 nitrogen and oxygen atoms in total. The average Bonchev–Trinajstić information content (AvgIpc) is 2.05. The van der Waals surface area contributed by atoms with Crippen LogP contribution in [0.2, 0.25) is 0 Å². The number of pyridine rings is 1. The molecule has 0 aliphatic heterocycles. The van der Waals surface area contributed by atoms with Gasteiger partial charge in [-0.3, -0.25) is 0 Å².